The number of furan rings is 1. The van der Waals surface area contributed by atoms with Crippen molar-refractivity contribution in [2.24, 2.45) is 0 Å². The molecule has 3 aromatic rings. The Morgan fingerprint density at radius 3 is 2.60 bits per heavy atom. The molecule has 1 aliphatic rings. The molecule has 0 bridgehead atoms. The number of amides is 1. The van der Waals surface area contributed by atoms with E-state index in [-0.39, 0.29) is 5.91 Å². The first kappa shape index (κ1) is 15.7. The zero-order valence-electron chi connectivity index (χ0n) is 14.2. The van der Waals surface area contributed by atoms with Gasteiger partial charge in [0.05, 0.1) is 11.4 Å². The minimum absolute atomic E-state index is 0.261. The largest absolute Gasteiger partial charge is 0.456 e. The molecule has 0 atom stereocenters. The maximum absolute atomic E-state index is 12.5. The molecule has 5 nitrogen and oxygen atoms in total. The molecule has 1 N–H and O–H groups in total. The van der Waals surface area contributed by atoms with Crippen LogP contribution in [0.3, 0.4) is 0 Å². The Morgan fingerprint density at radius 2 is 1.92 bits per heavy atom. The second-order valence-corrected chi connectivity index (χ2v) is 6.55. The molecule has 128 valence electrons. The van der Waals surface area contributed by atoms with Crippen molar-refractivity contribution in [2.75, 3.05) is 5.32 Å². The molecule has 1 saturated carbocycles. The molecule has 4 rings (SSSR count). The number of nitrogens with zero attached hydrogens (tertiary/aromatic N) is 2. The zero-order valence-corrected chi connectivity index (χ0v) is 14.2. The number of nitrogens with one attached hydrogen (secondary N) is 1. The lowest BCUT2D eigenvalue weighted by molar-refractivity contribution is 0.0994. The number of hydrogen-bond donors (Lipinski definition) is 1. The summed E-state index contributed by atoms with van der Waals surface area (Å²) in [4.78, 5) is 12.5. The molecule has 1 amide bonds. The smallest absolute Gasteiger partial charge is 0.292 e. The lowest BCUT2D eigenvalue weighted by Gasteiger charge is -2.08. The van der Waals surface area contributed by atoms with E-state index in [0.29, 0.717) is 23.3 Å². The van der Waals surface area contributed by atoms with Gasteiger partial charge in [-0.1, -0.05) is 31.0 Å². The Morgan fingerprint density at radius 1 is 1.16 bits per heavy atom. The number of para-hydroxylation sites is 1. The van der Waals surface area contributed by atoms with Crippen LogP contribution in [0.1, 0.15) is 53.6 Å². The monoisotopic (exact) mass is 335 g/mol. The maximum atomic E-state index is 12.5. The maximum Gasteiger partial charge on any atom is 0.292 e. The zero-order chi connectivity index (χ0) is 17.2. The number of carbonyl (C=O) groups is 1. The van der Waals surface area contributed by atoms with Crippen LogP contribution in [-0.4, -0.2) is 15.7 Å². The molecular formula is C20H21N3O2. The van der Waals surface area contributed by atoms with Crippen molar-refractivity contribution in [3.63, 3.8) is 0 Å². The fourth-order valence-corrected chi connectivity index (χ4v) is 3.41. The Kier molecular flexibility index (Phi) is 4.14. The second-order valence-electron chi connectivity index (χ2n) is 6.55. The van der Waals surface area contributed by atoms with Gasteiger partial charge in [0.2, 0.25) is 0 Å². The van der Waals surface area contributed by atoms with Crippen LogP contribution in [0.2, 0.25) is 0 Å². The van der Waals surface area contributed by atoms with E-state index in [9.17, 15) is 4.79 Å². The molecular weight excluding hydrogens is 314 g/mol. The minimum Gasteiger partial charge on any atom is -0.456 e. The van der Waals surface area contributed by atoms with Crippen LogP contribution in [0.4, 0.5) is 5.82 Å². The Bertz CT molecular complexity index is 873. The van der Waals surface area contributed by atoms with Gasteiger partial charge in [0.15, 0.2) is 5.76 Å². The third-order valence-corrected chi connectivity index (χ3v) is 4.71. The third-order valence-electron chi connectivity index (χ3n) is 4.71. The molecule has 1 aliphatic carbocycles. The predicted molar refractivity (Wildman–Crippen MR) is 96.2 cm³/mol. The first-order valence-corrected chi connectivity index (χ1v) is 8.74. The molecule has 0 saturated heterocycles. The Hall–Kier alpha value is -2.82. The van der Waals surface area contributed by atoms with Gasteiger partial charge in [-0.15, -0.1) is 0 Å². The molecule has 0 radical (unpaired) electrons. The van der Waals surface area contributed by atoms with Gasteiger partial charge in [-0.2, -0.15) is 5.10 Å². The number of rotatable bonds is 4. The van der Waals surface area contributed by atoms with Gasteiger partial charge >= 0.3 is 0 Å². The van der Waals surface area contributed by atoms with E-state index in [0.717, 1.165) is 24.2 Å². The molecule has 25 heavy (non-hydrogen) atoms. The van der Waals surface area contributed by atoms with Crippen LogP contribution in [0.25, 0.3) is 5.69 Å². The summed E-state index contributed by atoms with van der Waals surface area (Å²) in [6.45, 7) is 1.82. The van der Waals surface area contributed by atoms with Crippen molar-refractivity contribution in [3.05, 3.63) is 65.7 Å². The number of carbonyl (C=O) groups excluding carboxylic acids is 1. The number of aromatic nitrogens is 2. The topological polar surface area (TPSA) is 60.1 Å². The van der Waals surface area contributed by atoms with Crippen molar-refractivity contribution in [2.45, 2.75) is 38.5 Å². The summed E-state index contributed by atoms with van der Waals surface area (Å²) in [5.41, 5.74) is 1.98. The fourth-order valence-electron chi connectivity index (χ4n) is 3.41. The molecule has 0 aliphatic heterocycles. The van der Waals surface area contributed by atoms with Crippen molar-refractivity contribution >= 4 is 11.7 Å². The van der Waals surface area contributed by atoms with Gasteiger partial charge in [0.1, 0.15) is 11.6 Å². The van der Waals surface area contributed by atoms with Crippen LogP contribution < -0.4 is 5.32 Å². The van der Waals surface area contributed by atoms with Gasteiger partial charge in [0.25, 0.3) is 5.91 Å². The van der Waals surface area contributed by atoms with Gasteiger partial charge in [-0.25, -0.2) is 4.68 Å². The normalized spacial score (nSPS) is 14.8. The first-order chi connectivity index (χ1) is 12.2. The number of benzene rings is 1. The number of hydrogen-bond acceptors (Lipinski definition) is 3. The Labute approximate surface area is 146 Å². The highest BCUT2D eigenvalue weighted by molar-refractivity contribution is 6.02. The van der Waals surface area contributed by atoms with Crippen LogP contribution in [-0.2, 0) is 0 Å². The van der Waals surface area contributed by atoms with E-state index < -0.39 is 0 Å². The summed E-state index contributed by atoms with van der Waals surface area (Å²) >= 11 is 0. The van der Waals surface area contributed by atoms with E-state index >= 15 is 0 Å². The Balaban J connectivity index is 1.68. The van der Waals surface area contributed by atoms with Crippen LogP contribution in [0, 0.1) is 6.92 Å². The van der Waals surface area contributed by atoms with E-state index in [1.54, 1.807) is 16.8 Å². The summed E-state index contributed by atoms with van der Waals surface area (Å²) in [6, 6.07) is 15.3. The number of anilines is 1. The molecule has 1 aromatic carbocycles. The molecule has 0 spiro atoms. The quantitative estimate of drug-likeness (QED) is 0.753. The first-order valence-electron chi connectivity index (χ1n) is 8.74. The lowest BCUT2D eigenvalue weighted by atomic mass is 10.0. The summed E-state index contributed by atoms with van der Waals surface area (Å²) in [5.74, 6) is 1.91. The average molecular weight is 335 g/mol. The molecule has 0 unspecified atom stereocenters. The summed E-state index contributed by atoms with van der Waals surface area (Å²) < 4.78 is 7.23. The highest BCUT2D eigenvalue weighted by Crippen LogP contribution is 2.35. The molecule has 1 fully saturated rings. The van der Waals surface area contributed by atoms with E-state index in [1.165, 1.54) is 12.8 Å². The highest BCUT2D eigenvalue weighted by atomic mass is 16.3. The summed E-state index contributed by atoms with van der Waals surface area (Å²) in [7, 11) is 0. The van der Waals surface area contributed by atoms with Gasteiger partial charge in [-0.3, -0.25) is 4.79 Å². The van der Waals surface area contributed by atoms with Crippen molar-refractivity contribution in [1.29, 1.82) is 0 Å². The van der Waals surface area contributed by atoms with E-state index in [1.807, 2.05) is 43.3 Å². The SMILES string of the molecule is Cc1ccc(C(=O)Nc2cc(C3CCCC3)nn2-c2ccccc2)o1. The minimum atomic E-state index is -0.261. The highest BCUT2D eigenvalue weighted by Gasteiger charge is 2.23. The number of aryl methyl sites for hydroxylation is 1. The average Bonchev–Trinajstić information content (AvgIpc) is 3.35. The fraction of sp³-hybridized carbons (Fsp3) is 0.300. The third kappa shape index (κ3) is 3.22. The van der Waals surface area contributed by atoms with E-state index in [4.69, 9.17) is 9.52 Å². The van der Waals surface area contributed by atoms with Crippen molar-refractivity contribution < 1.29 is 9.21 Å². The standard InChI is InChI=1S/C20H21N3O2/c1-14-11-12-18(25-14)20(24)21-19-13-17(15-7-5-6-8-15)22-23(19)16-9-3-2-4-10-16/h2-4,9-13,15H,5-8H2,1H3,(H,21,24). The van der Waals surface area contributed by atoms with Gasteiger partial charge < -0.3 is 9.73 Å². The molecule has 2 aromatic heterocycles. The van der Waals surface area contributed by atoms with E-state index in [2.05, 4.69) is 5.32 Å². The molecule has 2 heterocycles. The van der Waals surface area contributed by atoms with Crippen molar-refractivity contribution in [3.8, 4) is 5.69 Å². The van der Waals surface area contributed by atoms with Gasteiger partial charge in [0, 0.05) is 12.0 Å². The molecule has 5 heteroatoms. The predicted octanol–water partition coefficient (Wildman–Crippen LogP) is 4.68. The summed E-state index contributed by atoms with van der Waals surface area (Å²) in [5, 5.41) is 7.74. The van der Waals surface area contributed by atoms with Crippen LogP contribution in [0.15, 0.2) is 52.9 Å². The van der Waals surface area contributed by atoms with Crippen LogP contribution in [0.5, 0.6) is 0 Å². The second kappa shape index (κ2) is 6.59. The lowest BCUT2D eigenvalue weighted by Crippen LogP contribution is -2.14. The van der Waals surface area contributed by atoms with Crippen molar-refractivity contribution in [1.82, 2.24) is 9.78 Å². The van der Waals surface area contributed by atoms with Gasteiger partial charge in [-0.05, 0) is 44.0 Å². The van der Waals surface area contributed by atoms with Crippen LogP contribution >= 0.6 is 0 Å². The summed E-state index contributed by atoms with van der Waals surface area (Å²) in [6.07, 6.45) is 4.82.